The minimum Gasteiger partial charge on any atom is -0.469 e. The number of rotatable bonds is 0. The van der Waals surface area contributed by atoms with Gasteiger partial charge in [0.2, 0.25) is 0 Å². The number of furan rings is 1. The Kier molecular flexibility index (Phi) is 1.73. The number of nitrogens with one attached hydrogen (secondary N) is 1. The van der Waals surface area contributed by atoms with Crippen LogP contribution >= 0.6 is 0 Å². The lowest BCUT2D eigenvalue weighted by Crippen LogP contribution is -2.47. The normalized spacial score (nSPS) is 36.2. The van der Waals surface area contributed by atoms with Gasteiger partial charge in [0.05, 0.1) is 24.5 Å². The molecule has 14 heavy (non-hydrogen) atoms. The molecular weight excluding hydrogens is 178 g/mol. The van der Waals surface area contributed by atoms with Crippen molar-refractivity contribution in [2.75, 3.05) is 13.2 Å². The van der Waals surface area contributed by atoms with E-state index < -0.39 is 0 Å². The Morgan fingerprint density at radius 1 is 1.57 bits per heavy atom. The van der Waals surface area contributed by atoms with Crippen molar-refractivity contribution in [3.8, 4) is 0 Å². The molecule has 2 aliphatic heterocycles. The summed E-state index contributed by atoms with van der Waals surface area (Å²) in [6.07, 6.45) is 4.20. The van der Waals surface area contributed by atoms with Crippen LogP contribution < -0.4 is 5.32 Å². The molecule has 1 N–H and O–H groups in total. The van der Waals surface area contributed by atoms with Gasteiger partial charge in [0, 0.05) is 18.5 Å². The third kappa shape index (κ3) is 1.06. The summed E-state index contributed by atoms with van der Waals surface area (Å²) in [5.41, 5.74) is 1.35. The highest BCUT2D eigenvalue weighted by molar-refractivity contribution is 5.31. The maximum atomic E-state index is 5.67. The van der Waals surface area contributed by atoms with Crippen LogP contribution in [0.3, 0.4) is 0 Å². The summed E-state index contributed by atoms with van der Waals surface area (Å²) in [5, 5.41) is 3.58. The van der Waals surface area contributed by atoms with Crippen molar-refractivity contribution in [3.63, 3.8) is 0 Å². The standard InChI is InChI=1S/C11H15NO2/c1-8-6-11(7-14-8)9-3-5-13-10(9)2-4-12-11/h3,5,8,12H,2,4,6-7H2,1H3. The monoisotopic (exact) mass is 193 g/mol. The van der Waals surface area contributed by atoms with Crippen LogP contribution in [0.4, 0.5) is 0 Å². The molecule has 1 fully saturated rings. The van der Waals surface area contributed by atoms with Crippen molar-refractivity contribution in [1.82, 2.24) is 5.32 Å². The second-order valence-electron chi connectivity index (χ2n) is 4.34. The minimum absolute atomic E-state index is 0.0417. The molecule has 0 bridgehead atoms. The van der Waals surface area contributed by atoms with E-state index in [1.807, 2.05) is 0 Å². The largest absolute Gasteiger partial charge is 0.469 e. The molecule has 0 radical (unpaired) electrons. The Morgan fingerprint density at radius 3 is 3.29 bits per heavy atom. The maximum Gasteiger partial charge on any atom is 0.110 e. The molecule has 0 aromatic carbocycles. The highest BCUT2D eigenvalue weighted by atomic mass is 16.5. The van der Waals surface area contributed by atoms with Crippen molar-refractivity contribution >= 4 is 0 Å². The van der Waals surface area contributed by atoms with Crippen molar-refractivity contribution in [2.24, 2.45) is 0 Å². The molecule has 2 aliphatic rings. The van der Waals surface area contributed by atoms with Crippen LogP contribution in [0.15, 0.2) is 16.7 Å². The molecule has 3 heteroatoms. The lowest BCUT2D eigenvalue weighted by atomic mass is 9.84. The average molecular weight is 193 g/mol. The Morgan fingerprint density at radius 2 is 2.50 bits per heavy atom. The molecule has 76 valence electrons. The summed E-state index contributed by atoms with van der Waals surface area (Å²) >= 11 is 0. The molecule has 0 saturated carbocycles. The molecule has 1 saturated heterocycles. The summed E-state index contributed by atoms with van der Waals surface area (Å²) in [5.74, 6) is 1.14. The highest BCUT2D eigenvalue weighted by Crippen LogP contribution is 2.38. The minimum atomic E-state index is 0.0417. The molecule has 3 rings (SSSR count). The van der Waals surface area contributed by atoms with Gasteiger partial charge in [-0.1, -0.05) is 0 Å². The van der Waals surface area contributed by atoms with Crippen molar-refractivity contribution < 1.29 is 9.15 Å². The summed E-state index contributed by atoms with van der Waals surface area (Å²) in [6.45, 7) is 3.90. The molecule has 3 heterocycles. The van der Waals surface area contributed by atoms with Gasteiger partial charge in [-0.25, -0.2) is 0 Å². The lowest BCUT2D eigenvalue weighted by Gasteiger charge is -2.32. The van der Waals surface area contributed by atoms with E-state index in [2.05, 4.69) is 18.3 Å². The molecule has 1 spiro atoms. The predicted octanol–water partition coefficient (Wildman–Crippen LogP) is 1.43. The fourth-order valence-corrected chi connectivity index (χ4v) is 2.68. The van der Waals surface area contributed by atoms with Crippen LogP contribution in [-0.2, 0) is 16.7 Å². The molecule has 2 atom stereocenters. The molecular formula is C11H15NO2. The average Bonchev–Trinajstić information content (AvgIpc) is 2.75. The summed E-state index contributed by atoms with van der Waals surface area (Å²) in [4.78, 5) is 0. The van der Waals surface area contributed by atoms with E-state index in [1.54, 1.807) is 6.26 Å². The van der Waals surface area contributed by atoms with Gasteiger partial charge in [-0.15, -0.1) is 0 Å². The van der Waals surface area contributed by atoms with Crippen LogP contribution in [-0.4, -0.2) is 19.3 Å². The first-order chi connectivity index (χ1) is 6.80. The third-order valence-corrected chi connectivity index (χ3v) is 3.33. The summed E-state index contributed by atoms with van der Waals surface area (Å²) < 4.78 is 11.2. The first kappa shape index (κ1) is 8.50. The van der Waals surface area contributed by atoms with E-state index >= 15 is 0 Å². The Hall–Kier alpha value is -0.800. The molecule has 3 nitrogen and oxygen atoms in total. The molecule has 1 aromatic rings. The van der Waals surface area contributed by atoms with E-state index in [-0.39, 0.29) is 5.54 Å². The fraction of sp³-hybridized carbons (Fsp3) is 0.636. The van der Waals surface area contributed by atoms with Crippen LogP contribution in [0, 0.1) is 0 Å². The van der Waals surface area contributed by atoms with Gasteiger partial charge in [-0.05, 0) is 19.4 Å². The second-order valence-corrected chi connectivity index (χ2v) is 4.34. The van der Waals surface area contributed by atoms with Crippen LogP contribution in [0.25, 0.3) is 0 Å². The highest BCUT2D eigenvalue weighted by Gasteiger charge is 2.43. The van der Waals surface area contributed by atoms with E-state index in [0.29, 0.717) is 6.10 Å². The Bertz CT molecular complexity index is 347. The van der Waals surface area contributed by atoms with Gasteiger partial charge in [0.25, 0.3) is 0 Å². The lowest BCUT2D eigenvalue weighted by molar-refractivity contribution is 0.111. The smallest absolute Gasteiger partial charge is 0.110 e. The van der Waals surface area contributed by atoms with Gasteiger partial charge in [-0.2, -0.15) is 0 Å². The predicted molar refractivity (Wildman–Crippen MR) is 52.1 cm³/mol. The number of hydrogen-bond donors (Lipinski definition) is 1. The van der Waals surface area contributed by atoms with E-state index in [1.165, 1.54) is 5.56 Å². The SMILES string of the molecule is CC1CC2(CO1)NCCc1occc12. The van der Waals surface area contributed by atoms with E-state index in [0.717, 1.165) is 31.8 Å². The van der Waals surface area contributed by atoms with Crippen molar-refractivity contribution in [1.29, 1.82) is 0 Å². The van der Waals surface area contributed by atoms with Crippen LogP contribution in [0.1, 0.15) is 24.7 Å². The first-order valence-corrected chi connectivity index (χ1v) is 5.24. The van der Waals surface area contributed by atoms with Gasteiger partial charge in [0.1, 0.15) is 5.76 Å². The van der Waals surface area contributed by atoms with Crippen LogP contribution in [0.2, 0.25) is 0 Å². The maximum absolute atomic E-state index is 5.67. The zero-order valence-electron chi connectivity index (χ0n) is 8.38. The number of hydrogen-bond acceptors (Lipinski definition) is 3. The first-order valence-electron chi connectivity index (χ1n) is 5.24. The summed E-state index contributed by atoms with van der Waals surface area (Å²) in [6, 6.07) is 2.09. The molecule has 1 aromatic heterocycles. The van der Waals surface area contributed by atoms with Gasteiger partial charge in [-0.3, -0.25) is 0 Å². The molecule has 2 unspecified atom stereocenters. The quantitative estimate of drug-likeness (QED) is 0.677. The molecule has 0 amide bonds. The topological polar surface area (TPSA) is 34.4 Å². The zero-order chi connectivity index (χ0) is 9.60. The molecule has 0 aliphatic carbocycles. The van der Waals surface area contributed by atoms with E-state index in [4.69, 9.17) is 9.15 Å². The van der Waals surface area contributed by atoms with Crippen molar-refractivity contribution in [3.05, 3.63) is 23.7 Å². The summed E-state index contributed by atoms with van der Waals surface area (Å²) in [7, 11) is 0. The van der Waals surface area contributed by atoms with Crippen LogP contribution in [0.5, 0.6) is 0 Å². The van der Waals surface area contributed by atoms with Crippen molar-refractivity contribution in [2.45, 2.75) is 31.4 Å². The number of ether oxygens (including phenoxy) is 1. The Balaban J connectivity index is 2.03. The Labute approximate surface area is 83.4 Å². The third-order valence-electron chi connectivity index (χ3n) is 3.33. The van der Waals surface area contributed by atoms with Gasteiger partial charge < -0.3 is 14.5 Å². The van der Waals surface area contributed by atoms with E-state index in [9.17, 15) is 0 Å². The zero-order valence-corrected chi connectivity index (χ0v) is 8.38. The second kappa shape index (κ2) is 2.84. The fourth-order valence-electron chi connectivity index (χ4n) is 2.68. The van der Waals surface area contributed by atoms with Gasteiger partial charge in [0.15, 0.2) is 0 Å². The van der Waals surface area contributed by atoms with Gasteiger partial charge >= 0.3 is 0 Å². The number of fused-ring (bicyclic) bond motifs is 2.